The summed E-state index contributed by atoms with van der Waals surface area (Å²) in [5.41, 5.74) is 0. The molecule has 120 valence electrons. The summed E-state index contributed by atoms with van der Waals surface area (Å²) in [6.45, 7) is 6.29. The molecule has 2 atom stereocenters. The van der Waals surface area contributed by atoms with Crippen LogP contribution in [0.3, 0.4) is 0 Å². The van der Waals surface area contributed by atoms with Crippen LogP contribution >= 0.6 is 0 Å². The molecule has 0 bridgehead atoms. The molecule has 0 radical (unpaired) electrons. The Balaban J connectivity index is 1.72. The Labute approximate surface area is 130 Å². The van der Waals surface area contributed by atoms with Crippen molar-refractivity contribution in [2.45, 2.75) is 32.7 Å². The Morgan fingerprint density at radius 2 is 2.23 bits per heavy atom. The highest BCUT2D eigenvalue weighted by atomic mass is 16.3. The van der Waals surface area contributed by atoms with Crippen LogP contribution in [0.25, 0.3) is 0 Å². The number of carbonyl (C=O) groups is 2. The van der Waals surface area contributed by atoms with Gasteiger partial charge in [0.15, 0.2) is 0 Å². The minimum Gasteiger partial charge on any atom is -0.465 e. The van der Waals surface area contributed by atoms with Crippen LogP contribution in [0, 0.1) is 12.8 Å². The standard InChI is InChI=1S/C16H23N3O3/c1-11-5-7-18(10-15(20)19-8-6-17-16(19)21)13(9-11)14-4-3-12(2)22-14/h3-4,11,13H,5-10H2,1-2H3,(H,17,21)/t11-,13-/m1/s1. The highest BCUT2D eigenvalue weighted by Crippen LogP contribution is 2.34. The van der Waals surface area contributed by atoms with Crippen molar-refractivity contribution >= 4 is 11.9 Å². The van der Waals surface area contributed by atoms with E-state index in [-0.39, 0.29) is 24.5 Å². The molecule has 22 heavy (non-hydrogen) atoms. The molecule has 6 nitrogen and oxygen atoms in total. The zero-order valence-electron chi connectivity index (χ0n) is 13.2. The zero-order chi connectivity index (χ0) is 15.7. The van der Waals surface area contributed by atoms with E-state index in [0.717, 1.165) is 30.9 Å². The summed E-state index contributed by atoms with van der Waals surface area (Å²) in [7, 11) is 0. The van der Waals surface area contributed by atoms with Gasteiger partial charge in [-0.3, -0.25) is 14.6 Å². The second kappa shape index (κ2) is 6.12. The number of nitrogens with zero attached hydrogens (tertiary/aromatic N) is 2. The van der Waals surface area contributed by atoms with Gasteiger partial charge in [0.2, 0.25) is 5.91 Å². The largest absolute Gasteiger partial charge is 0.465 e. The van der Waals surface area contributed by atoms with Crippen LogP contribution in [-0.4, -0.2) is 47.9 Å². The Bertz CT molecular complexity index is 569. The molecule has 0 aromatic carbocycles. The quantitative estimate of drug-likeness (QED) is 0.926. The molecule has 2 aliphatic heterocycles. The Kier molecular flexibility index (Phi) is 4.20. The monoisotopic (exact) mass is 305 g/mol. The summed E-state index contributed by atoms with van der Waals surface area (Å²) in [4.78, 5) is 27.5. The first-order valence-electron chi connectivity index (χ1n) is 7.93. The van der Waals surface area contributed by atoms with Crippen LogP contribution < -0.4 is 5.32 Å². The topological polar surface area (TPSA) is 65.8 Å². The van der Waals surface area contributed by atoms with Gasteiger partial charge in [-0.05, 0) is 44.4 Å². The Hall–Kier alpha value is -1.82. The van der Waals surface area contributed by atoms with Gasteiger partial charge < -0.3 is 9.73 Å². The highest BCUT2D eigenvalue weighted by molar-refractivity contribution is 5.96. The van der Waals surface area contributed by atoms with E-state index < -0.39 is 0 Å². The molecule has 0 unspecified atom stereocenters. The second-order valence-electron chi connectivity index (χ2n) is 6.34. The number of piperidine rings is 1. The number of likely N-dealkylation sites (tertiary alicyclic amines) is 1. The SMILES string of the molecule is Cc1ccc([C@H]2C[C@H](C)CCN2CC(=O)N2CCNC2=O)o1. The van der Waals surface area contributed by atoms with Crippen LogP contribution in [0.4, 0.5) is 4.79 Å². The van der Waals surface area contributed by atoms with Gasteiger partial charge >= 0.3 is 6.03 Å². The van der Waals surface area contributed by atoms with Crippen molar-refractivity contribution in [3.8, 4) is 0 Å². The first-order chi connectivity index (χ1) is 10.5. The average molecular weight is 305 g/mol. The molecule has 3 heterocycles. The van der Waals surface area contributed by atoms with Gasteiger partial charge in [0, 0.05) is 13.1 Å². The number of amides is 3. The molecule has 1 aromatic rings. The fourth-order valence-electron chi connectivity index (χ4n) is 3.28. The predicted molar refractivity (Wildman–Crippen MR) is 81.3 cm³/mol. The normalized spacial score (nSPS) is 26.3. The van der Waals surface area contributed by atoms with Crippen LogP contribution in [0.2, 0.25) is 0 Å². The molecule has 6 heteroatoms. The number of carbonyl (C=O) groups excluding carboxylic acids is 2. The molecule has 1 aromatic heterocycles. The first-order valence-corrected chi connectivity index (χ1v) is 7.93. The molecule has 2 aliphatic rings. The Morgan fingerprint density at radius 1 is 1.41 bits per heavy atom. The lowest BCUT2D eigenvalue weighted by molar-refractivity contribution is -0.130. The summed E-state index contributed by atoms with van der Waals surface area (Å²) in [6.07, 6.45) is 2.04. The molecule has 2 saturated heterocycles. The van der Waals surface area contributed by atoms with Crippen molar-refractivity contribution in [1.82, 2.24) is 15.1 Å². The van der Waals surface area contributed by atoms with Crippen LogP contribution in [0.15, 0.2) is 16.5 Å². The third kappa shape index (κ3) is 3.02. The van der Waals surface area contributed by atoms with Crippen molar-refractivity contribution in [1.29, 1.82) is 0 Å². The minimum atomic E-state index is -0.277. The van der Waals surface area contributed by atoms with E-state index in [1.54, 1.807) is 0 Å². The summed E-state index contributed by atoms with van der Waals surface area (Å²) < 4.78 is 5.78. The lowest BCUT2D eigenvalue weighted by atomic mass is 9.91. The summed E-state index contributed by atoms with van der Waals surface area (Å²) in [5, 5.41) is 2.67. The lowest BCUT2D eigenvalue weighted by Crippen LogP contribution is -2.45. The Morgan fingerprint density at radius 3 is 2.86 bits per heavy atom. The number of nitrogens with one attached hydrogen (secondary N) is 1. The summed E-state index contributed by atoms with van der Waals surface area (Å²) >= 11 is 0. The minimum absolute atomic E-state index is 0.118. The smallest absolute Gasteiger partial charge is 0.324 e. The van der Waals surface area contributed by atoms with Gasteiger partial charge in [-0.15, -0.1) is 0 Å². The van der Waals surface area contributed by atoms with Crippen LogP contribution in [0.1, 0.15) is 37.3 Å². The number of hydrogen-bond acceptors (Lipinski definition) is 4. The molecule has 3 rings (SSSR count). The molecule has 2 fully saturated rings. The van der Waals surface area contributed by atoms with Crippen molar-refractivity contribution < 1.29 is 14.0 Å². The van der Waals surface area contributed by atoms with Gasteiger partial charge in [-0.2, -0.15) is 0 Å². The van der Waals surface area contributed by atoms with Crippen LogP contribution in [-0.2, 0) is 4.79 Å². The van der Waals surface area contributed by atoms with Crippen LogP contribution in [0.5, 0.6) is 0 Å². The number of furan rings is 1. The molecule has 3 amide bonds. The number of imide groups is 1. The molecule has 1 N–H and O–H groups in total. The fraction of sp³-hybridized carbons (Fsp3) is 0.625. The van der Waals surface area contributed by atoms with E-state index in [2.05, 4.69) is 17.1 Å². The van der Waals surface area contributed by atoms with Crippen molar-refractivity contribution in [3.63, 3.8) is 0 Å². The van der Waals surface area contributed by atoms with Gasteiger partial charge in [-0.25, -0.2) is 4.79 Å². The zero-order valence-corrected chi connectivity index (χ0v) is 13.2. The molecular formula is C16H23N3O3. The average Bonchev–Trinajstić information content (AvgIpc) is 3.09. The summed E-state index contributed by atoms with van der Waals surface area (Å²) in [6, 6.07) is 3.80. The molecule has 0 spiro atoms. The van der Waals surface area contributed by atoms with E-state index in [4.69, 9.17) is 4.42 Å². The van der Waals surface area contributed by atoms with Crippen molar-refractivity contribution in [3.05, 3.63) is 23.7 Å². The third-order valence-electron chi connectivity index (χ3n) is 4.56. The number of rotatable bonds is 3. The van der Waals surface area contributed by atoms with Gasteiger partial charge in [0.1, 0.15) is 11.5 Å². The fourth-order valence-corrected chi connectivity index (χ4v) is 3.28. The first kappa shape index (κ1) is 15.1. The third-order valence-corrected chi connectivity index (χ3v) is 4.56. The van der Waals surface area contributed by atoms with E-state index in [1.807, 2.05) is 19.1 Å². The van der Waals surface area contributed by atoms with E-state index in [0.29, 0.717) is 19.0 Å². The molecular weight excluding hydrogens is 282 g/mol. The predicted octanol–water partition coefficient (Wildman–Crippen LogP) is 1.91. The van der Waals surface area contributed by atoms with E-state index in [9.17, 15) is 9.59 Å². The van der Waals surface area contributed by atoms with Gasteiger partial charge in [-0.1, -0.05) is 6.92 Å². The summed E-state index contributed by atoms with van der Waals surface area (Å²) in [5.74, 6) is 2.29. The van der Waals surface area contributed by atoms with E-state index >= 15 is 0 Å². The second-order valence-corrected chi connectivity index (χ2v) is 6.34. The number of hydrogen-bond donors (Lipinski definition) is 1. The lowest BCUT2D eigenvalue weighted by Gasteiger charge is -2.37. The maximum atomic E-state index is 12.4. The highest BCUT2D eigenvalue weighted by Gasteiger charge is 2.34. The van der Waals surface area contributed by atoms with Crippen molar-refractivity contribution in [2.75, 3.05) is 26.2 Å². The molecule has 0 saturated carbocycles. The van der Waals surface area contributed by atoms with Gasteiger partial charge in [0.25, 0.3) is 0 Å². The maximum Gasteiger partial charge on any atom is 0.324 e. The van der Waals surface area contributed by atoms with Crippen molar-refractivity contribution in [2.24, 2.45) is 5.92 Å². The number of urea groups is 1. The van der Waals surface area contributed by atoms with E-state index in [1.165, 1.54) is 4.90 Å². The molecule has 0 aliphatic carbocycles. The maximum absolute atomic E-state index is 12.4. The number of aryl methyl sites for hydroxylation is 1. The van der Waals surface area contributed by atoms with Gasteiger partial charge in [0.05, 0.1) is 12.6 Å².